The zero-order valence-electron chi connectivity index (χ0n) is 12.5. The summed E-state index contributed by atoms with van der Waals surface area (Å²) >= 11 is 0. The lowest BCUT2D eigenvalue weighted by atomic mass is 10.1. The standard InChI is InChI=1S/C17H22N2O2/c1-12-5-4-6-13(9-12)11-18-15-10-16(20)19(17(15)21)14-7-2-3-8-14/h4-6,9,14-15,18H,2-3,7-8,10-11H2,1H3. The molecule has 2 amide bonds. The van der Waals surface area contributed by atoms with Gasteiger partial charge in [0.25, 0.3) is 0 Å². The van der Waals surface area contributed by atoms with E-state index in [4.69, 9.17) is 0 Å². The van der Waals surface area contributed by atoms with Gasteiger partial charge in [-0.2, -0.15) is 0 Å². The fourth-order valence-corrected chi connectivity index (χ4v) is 3.42. The molecule has 1 saturated heterocycles. The molecule has 0 radical (unpaired) electrons. The highest BCUT2D eigenvalue weighted by Crippen LogP contribution is 2.28. The van der Waals surface area contributed by atoms with Crippen molar-refractivity contribution in [3.63, 3.8) is 0 Å². The first-order valence-corrected chi connectivity index (χ1v) is 7.80. The summed E-state index contributed by atoms with van der Waals surface area (Å²) in [7, 11) is 0. The van der Waals surface area contributed by atoms with Crippen molar-refractivity contribution in [1.29, 1.82) is 0 Å². The Bertz CT molecular complexity index is 549. The molecule has 0 bridgehead atoms. The number of likely N-dealkylation sites (tertiary alicyclic amines) is 1. The van der Waals surface area contributed by atoms with E-state index >= 15 is 0 Å². The van der Waals surface area contributed by atoms with Gasteiger partial charge < -0.3 is 5.32 Å². The maximum absolute atomic E-state index is 12.4. The van der Waals surface area contributed by atoms with Gasteiger partial charge in [0.1, 0.15) is 0 Å². The van der Waals surface area contributed by atoms with Gasteiger partial charge in [0.2, 0.25) is 11.8 Å². The molecule has 21 heavy (non-hydrogen) atoms. The third-order valence-electron chi connectivity index (χ3n) is 4.51. The van der Waals surface area contributed by atoms with Crippen molar-refractivity contribution in [2.24, 2.45) is 0 Å². The number of carbonyl (C=O) groups is 2. The van der Waals surface area contributed by atoms with E-state index in [-0.39, 0.29) is 23.9 Å². The van der Waals surface area contributed by atoms with Gasteiger partial charge in [-0.15, -0.1) is 0 Å². The fraction of sp³-hybridized carbons (Fsp3) is 0.529. The Labute approximate surface area is 125 Å². The average Bonchev–Trinajstić information content (AvgIpc) is 3.05. The maximum Gasteiger partial charge on any atom is 0.247 e. The van der Waals surface area contributed by atoms with Crippen LogP contribution < -0.4 is 5.32 Å². The van der Waals surface area contributed by atoms with Crippen molar-refractivity contribution in [2.45, 2.75) is 57.7 Å². The van der Waals surface area contributed by atoms with Crippen molar-refractivity contribution >= 4 is 11.8 Å². The van der Waals surface area contributed by atoms with E-state index in [1.807, 2.05) is 12.1 Å². The molecule has 2 aliphatic rings. The number of benzene rings is 1. The highest BCUT2D eigenvalue weighted by atomic mass is 16.2. The summed E-state index contributed by atoms with van der Waals surface area (Å²) < 4.78 is 0. The topological polar surface area (TPSA) is 49.4 Å². The predicted octanol–water partition coefficient (Wildman–Crippen LogP) is 2.15. The van der Waals surface area contributed by atoms with Crippen LogP contribution in [0.5, 0.6) is 0 Å². The summed E-state index contributed by atoms with van der Waals surface area (Å²) in [6.07, 6.45) is 4.51. The van der Waals surface area contributed by atoms with Gasteiger partial charge in [0.15, 0.2) is 0 Å². The van der Waals surface area contributed by atoms with Crippen molar-refractivity contribution < 1.29 is 9.59 Å². The molecule has 0 spiro atoms. The van der Waals surface area contributed by atoms with Crippen LogP contribution in [0.2, 0.25) is 0 Å². The zero-order chi connectivity index (χ0) is 14.8. The molecule has 4 heteroatoms. The Hall–Kier alpha value is -1.68. The summed E-state index contributed by atoms with van der Waals surface area (Å²) in [6, 6.07) is 8.00. The lowest BCUT2D eigenvalue weighted by molar-refractivity contribution is -0.141. The zero-order valence-corrected chi connectivity index (χ0v) is 12.5. The molecule has 1 unspecified atom stereocenters. The molecule has 1 aromatic carbocycles. The molecular formula is C17H22N2O2. The second-order valence-corrected chi connectivity index (χ2v) is 6.17. The van der Waals surface area contributed by atoms with E-state index < -0.39 is 0 Å². The molecule has 0 aromatic heterocycles. The molecule has 1 atom stereocenters. The Kier molecular flexibility index (Phi) is 4.06. The monoisotopic (exact) mass is 286 g/mol. The maximum atomic E-state index is 12.4. The van der Waals surface area contributed by atoms with Crippen LogP contribution in [0.1, 0.15) is 43.2 Å². The van der Waals surface area contributed by atoms with Crippen LogP contribution >= 0.6 is 0 Å². The van der Waals surface area contributed by atoms with E-state index in [1.165, 1.54) is 10.5 Å². The van der Waals surface area contributed by atoms with Gasteiger partial charge in [-0.25, -0.2) is 0 Å². The smallest absolute Gasteiger partial charge is 0.247 e. The van der Waals surface area contributed by atoms with Crippen LogP contribution in [0.25, 0.3) is 0 Å². The number of nitrogens with zero attached hydrogens (tertiary/aromatic N) is 1. The number of amides is 2. The first-order chi connectivity index (χ1) is 10.1. The third-order valence-corrected chi connectivity index (χ3v) is 4.51. The van der Waals surface area contributed by atoms with Crippen LogP contribution in [0.4, 0.5) is 0 Å². The molecule has 1 saturated carbocycles. The minimum Gasteiger partial charge on any atom is -0.301 e. The van der Waals surface area contributed by atoms with Crippen LogP contribution in [-0.4, -0.2) is 28.8 Å². The van der Waals surface area contributed by atoms with E-state index in [1.54, 1.807) is 0 Å². The summed E-state index contributed by atoms with van der Waals surface area (Å²) in [6.45, 7) is 2.68. The van der Waals surface area contributed by atoms with Crippen molar-refractivity contribution in [3.05, 3.63) is 35.4 Å². The second kappa shape index (κ2) is 5.98. The molecule has 4 nitrogen and oxygen atoms in total. The van der Waals surface area contributed by atoms with Crippen molar-refractivity contribution in [2.75, 3.05) is 0 Å². The van der Waals surface area contributed by atoms with E-state index in [2.05, 4.69) is 24.4 Å². The molecule has 3 rings (SSSR count). The van der Waals surface area contributed by atoms with E-state index in [9.17, 15) is 9.59 Å². The van der Waals surface area contributed by atoms with Gasteiger partial charge in [-0.05, 0) is 25.3 Å². The largest absolute Gasteiger partial charge is 0.301 e. The number of hydrogen-bond acceptors (Lipinski definition) is 3. The average molecular weight is 286 g/mol. The Morgan fingerprint density at radius 2 is 2.00 bits per heavy atom. The predicted molar refractivity (Wildman–Crippen MR) is 80.5 cm³/mol. The Morgan fingerprint density at radius 3 is 2.71 bits per heavy atom. The third kappa shape index (κ3) is 3.00. The number of imide groups is 1. The first-order valence-electron chi connectivity index (χ1n) is 7.80. The molecular weight excluding hydrogens is 264 g/mol. The van der Waals surface area contributed by atoms with Crippen LogP contribution in [0, 0.1) is 6.92 Å². The summed E-state index contributed by atoms with van der Waals surface area (Å²) in [4.78, 5) is 26.1. The first kappa shape index (κ1) is 14.3. The minimum absolute atomic E-state index is 0.00589. The molecule has 1 aromatic rings. The Morgan fingerprint density at radius 1 is 1.24 bits per heavy atom. The summed E-state index contributed by atoms with van der Waals surface area (Å²) in [5.74, 6) is -0.0341. The van der Waals surface area contributed by atoms with Gasteiger partial charge in [-0.1, -0.05) is 42.7 Å². The van der Waals surface area contributed by atoms with E-state index in [0.717, 1.165) is 31.2 Å². The molecule has 112 valence electrons. The molecule has 1 aliphatic heterocycles. The normalized spacial score (nSPS) is 23.3. The second-order valence-electron chi connectivity index (χ2n) is 6.17. The number of carbonyl (C=O) groups excluding carboxylic acids is 2. The minimum atomic E-state index is -0.349. The SMILES string of the molecule is Cc1cccc(CNC2CC(=O)N(C3CCCC3)C2=O)c1. The lowest BCUT2D eigenvalue weighted by Crippen LogP contribution is -2.42. The van der Waals surface area contributed by atoms with Crippen LogP contribution in [-0.2, 0) is 16.1 Å². The van der Waals surface area contributed by atoms with Gasteiger partial charge in [0, 0.05) is 12.6 Å². The van der Waals surface area contributed by atoms with Gasteiger partial charge in [0.05, 0.1) is 12.5 Å². The quantitative estimate of drug-likeness (QED) is 0.863. The fourth-order valence-electron chi connectivity index (χ4n) is 3.42. The highest BCUT2D eigenvalue weighted by molar-refractivity contribution is 6.05. The number of aryl methyl sites for hydroxylation is 1. The number of nitrogens with one attached hydrogen (secondary N) is 1. The molecule has 1 N–H and O–H groups in total. The van der Waals surface area contributed by atoms with E-state index in [0.29, 0.717) is 13.0 Å². The summed E-state index contributed by atoms with van der Waals surface area (Å²) in [5, 5.41) is 3.25. The molecule has 2 fully saturated rings. The number of rotatable bonds is 4. The Balaban J connectivity index is 1.62. The van der Waals surface area contributed by atoms with Crippen molar-refractivity contribution in [3.8, 4) is 0 Å². The molecule has 1 heterocycles. The lowest BCUT2D eigenvalue weighted by Gasteiger charge is -2.22. The van der Waals surface area contributed by atoms with Gasteiger partial charge in [-0.3, -0.25) is 14.5 Å². The molecule has 1 aliphatic carbocycles. The van der Waals surface area contributed by atoms with Crippen LogP contribution in [0.3, 0.4) is 0 Å². The van der Waals surface area contributed by atoms with Crippen molar-refractivity contribution in [1.82, 2.24) is 10.2 Å². The van der Waals surface area contributed by atoms with Crippen LogP contribution in [0.15, 0.2) is 24.3 Å². The highest BCUT2D eigenvalue weighted by Gasteiger charge is 2.42. The summed E-state index contributed by atoms with van der Waals surface area (Å²) in [5.41, 5.74) is 2.35. The number of hydrogen-bond donors (Lipinski definition) is 1. The van der Waals surface area contributed by atoms with Gasteiger partial charge >= 0.3 is 0 Å².